The number of carbonyl (C=O) groups is 1. The lowest BCUT2D eigenvalue weighted by Crippen LogP contribution is -2.35. The Labute approximate surface area is 143 Å². The van der Waals surface area contributed by atoms with Crippen molar-refractivity contribution in [1.82, 2.24) is 9.97 Å². The van der Waals surface area contributed by atoms with Gasteiger partial charge in [-0.15, -0.1) is 0 Å². The molecule has 0 amide bonds. The van der Waals surface area contributed by atoms with E-state index in [1.54, 1.807) is 6.92 Å². The summed E-state index contributed by atoms with van der Waals surface area (Å²) in [6.07, 6.45) is 1.47. The second-order valence-corrected chi connectivity index (χ2v) is 5.59. The first-order valence-corrected chi connectivity index (χ1v) is 7.70. The highest BCUT2D eigenvalue weighted by molar-refractivity contribution is 5.94. The summed E-state index contributed by atoms with van der Waals surface area (Å²) in [7, 11) is 0. The van der Waals surface area contributed by atoms with Gasteiger partial charge >= 0.3 is 11.7 Å². The summed E-state index contributed by atoms with van der Waals surface area (Å²) in [6.45, 7) is 5.29. The molecular weight excluding hydrogens is 322 g/mol. The number of hydrogen-bond donors (Lipinski definition) is 3. The molecule has 0 saturated heterocycles. The van der Waals surface area contributed by atoms with Crippen LogP contribution in [0.1, 0.15) is 24.0 Å². The number of nitrogens with one attached hydrogen (secondary N) is 3. The van der Waals surface area contributed by atoms with Crippen LogP contribution in [0.2, 0.25) is 0 Å². The first-order valence-electron chi connectivity index (χ1n) is 7.70. The lowest BCUT2D eigenvalue weighted by molar-refractivity contribution is -0.138. The maximum absolute atomic E-state index is 12.6. The zero-order valence-electron chi connectivity index (χ0n) is 13.6. The van der Waals surface area contributed by atoms with Gasteiger partial charge in [-0.05, 0) is 12.5 Å². The Balaban J connectivity index is 2.23. The molecule has 2 aromatic rings. The molecule has 7 heteroatoms. The number of benzene rings is 1. The molecule has 0 spiro atoms. The zero-order valence-corrected chi connectivity index (χ0v) is 13.6. The number of carbonyl (C=O) groups excluding carboxylic acids is 1. The van der Waals surface area contributed by atoms with Crippen LogP contribution in [-0.2, 0) is 9.53 Å². The topological polar surface area (TPSA) is 104 Å². The number of allylic oxidation sites excluding steroid dienone is 1. The fraction of sp³-hybridized carbons (Fsp3) is 0.167. The van der Waals surface area contributed by atoms with Gasteiger partial charge in [0.2, 0.25) is 0 Å². The average Bonchev–Trinajstić information content (AvgIpc) is 2.59. The van der Waals surface area contributed by atoms with Crippen LogP contribution < -0.4 is 16.6 Å². The molecule has 0 unspecified atom stereocenters. The van der Waals surface area contributed by atoms with Crippen LogP contribution in [-0.4, -0.2) is 22.5 Å². The van der Waals surface area contributed by atoms with Crippen molar-refractivity contribution in [2.24, 2.45) is 0 Å². The van der Waals surface area contributed by atoms with Gasteiger partial charge in [0.05, 0.1) is 17.1 Å². The summed E-state index contributed by atoms with van der Waals surface area (Å²) in [5.74, 6) is -0.925. The van der Waals surface area contributed by atoms with E-state index in [0.717, 1.165) is 5.56 Å². The maximum Gasteiger partial charge on any atom is 0.337 e. The molecular formula is C18H17N3O4. The molecule has 3 N–H and O–H groups in total. The van der Waals surface area contributed by atoms with Crippen molar-refractivity contribution in [3.05, 3.63) is 86.2 Å². The van der Waals surface area contributed by atoms with Crippen molar-refractivity contribution in [2.75, 3.05) is 11.9 Å². The molecule has 0 radical (unpaired) electrons. The van der Waals surface area contributed by atoms with Crippen LogP contribution in [0.5, 0.6) is 0 Å². The number of H-pyrrole nitrogens is 2. The van der Waals surface area contributed by atoms with Crippen molar-refractivity contribution in [2.45, 2.75) is 12.8 Å². The first-order chi connectivity index (χ1) is 12.0. The Hall–Kier alpha value is -3.35. The van der Waals surface area contributed by atoms with Crippen molar-refractivity contribution in [3.63, 3.8) is 0 Å². The SMILES string of the molecule is C=CCOC(=O)C1=C(C)Nc2[nH]c(=O)[nH]c(=O)c2[C@@H]1c1ccccc1. The van der Waals surface area contributed by atoms with E-state index in [2.05, 4.69) is 21.9 Å². The van der Waals surface area contributed by atoms with E-state index in [9.17, 15) is 14.4 Å². The molecule has 1 aromatic carbocycles. The molecule has 1 aromatic heterocycles. The van der Waals surface area contributed by atoms with Gasteiger partial charge in [-0.25, -0.2) is 9.59 Å². The highest BCUT2D eigenvalue weighted by Gasteiger charge is 2.35. The molecule has 3 rings (SSSR count). The van der Waals surface area contributed by atoms with Crippen molar-refractivity contribution >= 4 is 11.8 Å². The Morgan fingerprint density at radius 2 is 1.96 bits per heavy atom. The summed E-state index contributed by atoms with van der Waals surface area (Å²) in [4.78, 5) is 41.4. The zero-order chi connectivity index (χ0) is 18.0. The molecule has 0 aliphatic carbocycles. The Kier molecular flexibility index (Phi) is 4.38. The van der Waals surface area contributed by atoms with E-state index in [1.165, 1.54) is 6.08 Å². The van der Waals surface area contributed by atoms with Gasteiger partial charge in [0.15, 0.2) is 0 Å². The smallest absolute Gasteiger partial charge is 0.337 e. The lowest BCUT2D eigenvalue weighted by atomic mass is 9.82. The van der Waals surface area contributed by atoms with Crippen LogP contribution in [0.15, 0.2) is 63.8 Å². The van der Waals surface area contributed by atoms with E-state index >= 15 is 0 Å². The van der Waals surface area contributed by atoms with Gasteiger partial charge in [-0.3, -0.25) is 14.8 Å². The van der Waals surface area contributed by atoms with E-state index in [4.69, 9.17) is 4.74 Å². The van der Waals surface area contributed by atoms with Gasteiger partial charge in [0.25, 0.3) is 5.56 Å². The first kappa shape index (κ1) is 16.5. The van der Waals surface area contributed by atoms with Crippen LogP contribution in [0.25, 0.3) is 0 Å². The van der Waals surface area contributed by atoms with Gasteiger partial charge < -0.3 is 10.1 Å². The highest BCUT2D eigenvalue weighted by Crippen LogP contribution is 2.38. The fourth-order valence-corrected chi connectivity index (χ4v) is 2.95. The van der Waals surface area contributed by atoms with E-state index in [1.807, 2.05) is 30.3 Å². The number of aromatic nitrogens is 2. The minimum Gasteiger partial charge on any atom is -0.458 e. The molecule has 7 nitrogen and oxygen atoms in total. The Bertz CT molecular complexity index is 970. The minimum atomic E-state index is -0.657. The number of ether oxygens (including phenoxy) is 1. The lowest BCUT2D eigenvalue weighted by Gasteiger charge is -2.28. The molecule has 0 saturated carbocycles. The third-order valence-electron chi connectivity index (χ3n) is 3.96. The normalized spacial score (nSPS) is 16.0. The molecule has 25 heavy (non-hydrogen) atoms. The summed E-state index contributed by atoms with van der Waals surface area (Å²) in [5.41, 5.74) is 0.666. The Morgan fingerprint density at radius 1 is 1.24 bits per heavy atom. The van der Waals surface area contributed by atoms with E-state index in [0.29, 0.717) is 11.3 Å². The number of esters is 1. The predicted octanol–water partition coefficient (Wildman–Crippen LogP) is 1.62. The fourth-order valence-electron chi connectivity index (χ4n) is 2.95. The molecule has 0 bridgehead atoms. The number of hydrogen-bond acceptors (Lipinski definition) is 5. The minimum absolute atomic E-state index is 0.0615. The van der Waals surface area contributed by atoms with Gasteiger partial charge in [-0.1, -0.05) is 43.0 Å². The van der Waals surface area contributed by atoms with Crippen molar-refractivity contribution < 1.29 is 9.53 Å². The maximum atomic E-state index is 12.6. The van der Waals surface area contributed by atoms with Crippen LogP contribution in [0.4, 0.5) is 5.82 Å². The van der Waals surface area contributed by atoms with E-state index < -0.39 is 23.1 Å². The van der Waals surface area contributed by atoms with Crippen molar-refractivity contribution in [3.8, 4) is 0 Å². The number of aromatic amines is 2. The summed E-state index contributed by atoms with van der Waals surface area (Å²) in [6, 6.07) is 9.11. The summed E-state index contributed by atoms with van der Waals surface area (Å²) >= 11 is 0. The monoisotopic (exact) mass is 339 g/mol. The van der Waals surface area contributed by atoms with Gasteiger partial charge in [0.1, 0.15) is 12.4 Å². The summed E-state index contributed by atoms with van der Waals surface area (Å²) in [5, 5.41) is 2.93. The molecule has 0 fully saturated rings. The Morgan fingerprint density at radius 3 is 2.64 bits per heavy atom. The average molecular weight is 339 g/mol. The predicted molar refractivity (Wildman–Crippen MR) is 93.4 cm³/mol. The van der Waals surface area contributed by atoms with E-state index in [-0.39, 0.29) is 18.0 Å². The van der Waals surface area contributed by atoms with Crippen molar-refractivity contribution in [1.29, 1.82) is 0 Å². The third-order valence-corrected chi connectivity index (χ3v) is 3.96. The summed E-state index contributed by atoms with van der Waals surface area (Å²) < 4.78 is 5.19. The van der Waals surface area contributed by atoms with Crippen LogP contribution in [0, 0.1) is 0 Å². The largest absolute Gasteiger partial charge is 0.458 e. The molecule has 2 heterocycles. The molecule has 128 valence electrons. The second-order valence-electron chi connectivity index (χ2n) is 5.59. The number of anilines is 1. The van der Waals surface area contributed by atoms with Gasteiger partial charge in [-0.2, -0.15) is 0 Å². The third kappa shape index (κ3) is 3.03. The van der Waals surface area contributed by atoms with Gasteiger partial charge in [0, 0.05) is 5.70 Å². The quantitative estimate of drug-likeness (QED) is 0.580. The standard InChI is InChI=1S/C18H17N3O4/c1-3-9-25-17(23)12-10(2)19-15-14(16(22)21-18(24)20-15)13(12)11-7-5-4-6-8-11/h3-8,13H,1,9H2,2H3,(H3,19,20,21,22,24)/t13-/m1/s1. The van der Waals surface area contributed by atoms with Crippen LogP contribution in [0.3, 0.4) is 0 Å². The number of fused-ring (bicyclic) bond motifs is 1. The molecule has 1 atom stereocenters. The van der Waals surface area contributed by atoms with Crippen LogP contribution >= 0.6 is 0 Å². The second kappa shape index (κ2) is 6.64. The molecule has 1 aliphatic heterocycles. The highest BCUT2D eigenvalue weighted by atomic mass is 16.5. The molecule has 1 aliphatic rings. The number of rotatable bonds is 4.